The van der Waals surface area contributed by atoms with Crippen LogP contribution in [0.1, 0.15) is 24.5 Å². The fraction of sp³-hybridized carbons (Fsp3) is 0.409. The van der Waals surface area contributed by atoms with E-state index in [1.165, 1.54) is 6.26 Å². The summed E-state index contributed by atoms with van der Waals surface area (Å²) in [6.45, 7) is 4.69. The van der Waals surface area contributed by atoms with Crippen molar-refractivity contribution in [3.8, 4) is 11.8 Å². The lowest BCUT2D eigenvalue weighted by Gasteiger charge is -2.21. The van der Waals surface area contributed by atoms with Crippen molar-refractivity contribution >= 4 is 21.4 Å². The van der Waals surface area contributed by atoms with Gasteiger partial charge in [0, 0.05) is 36.3 Å². The minimum Gasteiger partial charge on any atom is -0.493 e. The molecule has 0 radical (unpaired) electrons. The molecule has 3 rings (SSSR count). The minimum absolute atomic E-state index is 0.297. The van der Waals surface area contributed by atoms with Crippen LogP contribution in [0.15, 0.2) is 47.4 Å². The summed E-state index contributed by atoms with van der Waals surface area (Å²) in [5.74, 6) is 1.11. The smallest absolute Gasteiger partial charge is 0.175 e. The van der Waals surface area contributed by atoms with Gasteiger partial charge in [0.2, 0.25) is 0 Å². The molecule has 1 saturated heterocycles. The number of sulfone groups is 1. The zero-order valence-electron chi connectivity index (χ0n) is 16.6. The summed E-state index contributed by atoms with van der Waals surface area (Å²) in [6.07, 6.45) is 3.10. The van der Waals surface area contributed by atoms with Gasteiger partial charge in [0.25, 0.3) is 0 Å². The number of rotatable bonds is 7. The topological polar surface area (TPSA) is 70.4 Å². The molecule has 7 heteroatoms. The molecule has 2 atom stereocenters. The summed E-state index contributed by atoms with van der Waals surface area (Å²) in [5, 5.41) is 9.69. The molecule has 1 aliphatic heterocycles. The van der Waals surface area contributed by atoms with Crippen LogP contribution in [0.2, 0.25) is 5.02 Å². The molecule has 29 heavy (non-hydrogen) atoms. The van der Waals surface area contributed by atoms with Crippen LogP contribution >= 0.6 is 11.6 Å². The zero-order valence-corrected chi connectivity index (χ0v) is 18.2. The van der Waals surface area contributed by atoms with E-state index in [2.05, 4.69) is 17.9 Å². The molecule has 2 aromatic carbocycles. The maximum absolute atomic E-state index is 11.5. The molecule has 0 amide bonds. The maximum Gasteiger partial charge on any atom is 0.175 e. The van der Waals surface area contributed by atoms with Crippen LogP contribution in [0, 0.1) is 17.2 Å². The third kappa shape index (κ3) is 5.96. The van der Waals surface area contributed by atoms with E-state index in [4.69, 9.17) is 21.6 Å². The Morgan fingerprint density at radius 2 is 1.97 bits per heavy atom. The second kappa shape index (κ2) is 9.17. The number of nitriles is 1. The summed E-state index contributed by atoms with van der Waals surface area (Å²) in [6, 6.07) is 14.7. The van der Waals surface area contributed by atoms with Gasteiger partial charge in [-0.2, -0.15) is 5.26 Å². The number of likely N-dealkylation sites (tertiary alicyclic amines) is 1. The Labute approximate surface area is 177 Å². The Kier molecular flexibility index (Phi) is 6.84. The summed E-state index contributed by atoms with van der Waals surface area (Å²) in [7, 11) is -3.19. The molecule has 1 heterocycles. The van der Waals surface area contributed by atoms with Crippen LogP contribution < -0.4 is 4.74 Å². The normalized spacial score (nSPS) is 19.8. The summed E-state index contributed by atoms with van der Waals surface area (Å²) in [5.41, 5.74) is 1.67. The van der Waals surface area contributed by atoms with Crippen molar-refractivity contribution in [1.29, 1.82) is 5.26 Å². The quantitative estimate of drug-likeness (QED) is 0.662. The van der Waals surface area contributed by atoms with Gasteiger partial charge in [0.1, 0.15) is 5.75 Å². The van der Waals surface area contributed by atoms with Crippen LogP contribution in [0.25, 0.3) is 0 Å². The average Bonchev–Trinajstić information content (AvgIpc) is 3.03. The first-order valence-corrected chi connectivity index (χ1v) is 11.9. The third-order valence-corrected chi connectivity index (χ3v) is 6.65. The lowest BCUT2D eigenvalue weighted by Crippen LogP contribution is -2.29. The monoisotopic (exact) mass is 432 g/mol. The zero-order chi connectivity index (χ0) is 21.0. The molecular weight excluding hydrogens is 408 g/mol. The van der Waals surface area contributed by atoms with Crippen LogP contribution in [-0.4, -0.2) is 45.3 Å². The van der Waals surface area contributed by atoms with Crippen molar-refractivity contribution in [2.75, 3.05) is 26.0 Å². The van der Waals surface area contributed by atoms with E-state index < -0.39 is 9.84 Å². The van der Waals surface area contributed by atoms with E-state index >= 15 is 0 Å². The van der Waals surface area contributed by atoms with E-state index in [-0.39, 0.29) is 0 Å². The molecule has 154 valence electrons. The highest BCUT2D eigenvalue weighted by atomic mass is 35.5. The van der Waals surface area contributed by atoms with Gasteiger partial charge in [-0.25, -0.2) is 8.42 Å². The second-order valence-electron chi connectivity index (χ2n) is 7.71. The molecule has 2 aromatic rings. The molecule has 0 spiro atoms. The number of halogens is 1. The van der Waals surface area contributed by atoms with Gasteiger partial charge < -0.3 is 4.74 Å². The Balaban J connectivity index is 1.51. The minimum atomic E-state index is -3.19. The number of hydrogen-bond acceptors (Lipinski definition) is 5. The average molecular weight is 433 g/mol. The molecule has 0 aromatic heterocycles. The highest BCUT2D eigenvalue weighted by molar-refractivity contribution is 7.90. The van der Waals surface area contributed by atoms with Gasteiger partial charge >= 0.3 is 0 Å². The van der Waals surface area contributed by atoms with Gasteiger partial charge in [-0.05, 0) is 67.8 Å². The number of nitrogens with zero attached hydrogens (tertiary/aromatic N) is 2. The molecule has 1 fully saturated rings. The molecule has 0 N–H and O–H groups in total. The second-order valence-corrected chi connectivity index (χ2v) is 10.2. The first-order chi connectivity index (χ1) is 13.7. The number of ether oxygens (including phenoxy) is 1. The van der Waals surface area contributed by atoms with Gasteiger partial charge in [-0.3, -0.25) is 4.90 Å². The van der Waals surface area contributed by atoms with E-state index in [0.717, 1.165) is 31.5 Å². The van der Waals surface area contributed by atoms with Crippen LogP contribution in [-0.2, 0) is 16.3 Å². The molecular formula is C22H25ClN2O3S. The Hall–Kier alpha value is -2.07. The summed E-state index contributed by atoms with van der Waals surface area (Å²) < 4.78 is 29.0. The van der Waals surface area contributed by atoms with Crippen molar-refractivity contribution in [3.05, 3.63) is 58.6 Å². The van der Waals surface area contributed by atoms with E-state index in [1.807, 2.05) is 12.1 Å². The highest BCUT2D eigenvalue weighted by Crippen LogP contribution is 2.25. The molecule has 5 nitrogen and oxygen atoms in total. The Bertz CT molecular complexity index is 1000. The standard InChI is InChI=1S/C22H25ClN2O3S/c1-16-9-19(15-28-21-3-5-22(6-4-21)29(2,26)27)14-25(16)8-7-17-10-18(13-24)12-20(23)11-17/h3-6,10-12,16,19H,7-9,14-15H2,1-2H3/t16-,19+/m1/s1. The van der Waals surface area contributed by atoms with Gasteiger partial charge in [0.15, 0.2) is 9.84 Å². The molecule has 0 aliphatic carbocycles. The van der Waals surface area contributed by atoms with Crippen LogP contribution in [0.4, 0.5) is 0 Å². The first-order valence-electron chi connectivity index (χ1n) is 9.61. The number of hydrogen-bond donors (Lipinski definition) is 0. The third-order valence-electron chi connectivity index (χ3n) is 5.30. The molecule has 0 unspecified atom stereocenters. The molecule has 1 aliphatic rings. The van der Waals surface area contributed by atoms with Gasteiger partial charge in [-0.1, -0.05) is 11.6 Å². The van der Waals surface area contributed by atoms with E-state index in [1.54, 1.807) is 30.3 Å². The fourth-order valence-corrected chi connectivity index (χ4v) is 4.67. The number of benzene rings is 2. The van der Waals surface area contributed by atoms with Crippen molar-refractivity contribution in [2.24, 2.45) is 5.92 Å². The summed E-state index contributed by atoms with van der Waals surface area (Å²) in [4.78, 5) is 2.74. The van der Waals surface area contributed by atoms with Crippen molar-refractivity contribution in [2.45, 2.75) is 30.7 Å². The fourth-order valence-electron chi connectivity index (χ4n) is 3.78. The Morgan fingerprint density at radius 3 is 2.62 bits per heavy atom. The van der Waals surface area contributed by atoms with E-state index in [9.17, 15) is 8.42 Å². The van der Waals surface area contributed by atoms with Crippen LogP contribution in [0.5, 0.6) is 5.75 Å². The first kappa shape index (κ1) is 21.6. The maximum atomic E-state index is 11.5. The predicted octanol–water partition coefficient (Wildman–Crippen LogP) is 3.95. The Morgan fingerprint density at radius 1 is 1.24 bits per heavy atom. The summed E-state index contributed by atoms with van der Waals surface area (Å²) >= 11 is 6.10. The van der Waals surface area contributed by atoms with Crippen LogP contribution in [0.3, 0.4) is 0 Å². The highest BCUT2D eigenvalue weighted by Gasteiger charge is 2.29. The lowest BCUT2D eigenvalue weighted by molar-refractivity contribution is 0.234. The predicted molar refractivity (Wildman–Crippen MR) is 114 cm³/mol. The largest absolute Gasteiger partial charge is 0.493 e. The van der Waals surface area contributed by atoms with E-state index in [0.29, 0.717) is 39.8 Å². The SMILES string of the molecule is C[C@@H]1C[C@H](COc2ccc(S(C)(=O)=O)cc2)CN1CCc1cc(Cl)cc(C#N)c1. The van der Waals surface area contributed by atoms with Gasteiger partial charge in [0.05, 0.1) is 23.1 Å². The van der Waals surface area contributed by atoms with Crippen molar-refractivity contribution < 1.29 is 13.2 Å². The van der Waals surface area contributed by atoms with Crippen molar-refractivity contribution in [3.63, 3.8) is 0 Å². The van der Waals surface area contributed by atoms with Gasteiger partial charge in [-0.15, -0.1) is 0 Å². The lowest BCUT2D eigenvalue weighted by atomic mass is 10.1. The molecule has 0 saturated carbocycles. The molecule has 0 bridgehead atoms. The van der Waals surface area contributed by atoms with Crippen molar-refractivity contribution in [1.82, 2.24) is 4.90 Å².